The first-order valence-corrected chi connectivity index (χ1v) is 12.5. The van der Waals surface area contributed by atoms with E-state index in [0.29, 0.717) is 23.6 Å². The van der Waals surface area contributed by atoms with Gasteiger partial charge in [0.1, 0.15) is 11.4 Å². The van der Waals surface area contributed by atoms with Crippen molar-refractivity contribution in [3.05, 3.63) is 115 Å². The average Bonchev–Trinajstić information content (AvgIpc) is 3.30. The number of ketones is 1. The fourth-order valence-electron chi connectivity index (χ4n) is 4.03. The second kappa shape index (κ2) is 10.5. The van der Waals surface area contributed by atoms with E-state index < -0.39 is 11.7 Å². The van der Waals surface area contributed by atoms with E-state index in [0.717, 1.165) is 26.6 Å². The van der Waals surface area contributed by atoms with E-state index in [1.165, 1.54) is 11.8 Å². The highest BCUT2D eigenvalue weighted by molar-refractivity contribution is 7.99. The van der Waals surface area contributed by atoms with E-state index in [9.17, 15) is 9.59 Å². The van der Waals surface area contributed by atoms with Crippen LogP contribution in [0.5, 0.6) is 5.75 Å². The summed E-state index contributed by atoms with van der Waals surface area (Å²) in [6.07, 6.45) is 1.80. The van der Waals surface area contributed by atoms with Gasteiger partial charge < -0.3 is 14.5 Å². The van der Waals surface area contributed by atoms with Gasteiger partial charge in [0.15, 0.2) is 0 Å². The van der Waals surface area contributed by atoms with E-state index in [-0.39, 0.29) is 0 Å². The number of amides is 1. The smallest absolute Gasteiger partial charge is 0.298 e. The molecule has 2 heterocycles. The molecule has 0 saturated carbocycles. The number of hydrogen-bond donors (Lipinski definition) is 1. The molecule has 178 valence electrons. The first kappa shape index (κ1) is 23.5. The third kappa shape index (κ3) is 4.90. The lowest BCUT2D eigenvalue weighted by Crippen LogP contribution is -2.25. The van der Waals surface area contributed by atoms with Gasteiger partial charge in [-0.25, -0.2) is 0 Å². The van der Waals surface area contributed by atoms with Gasteiger partial charge in [0.05, 0.1) is 12.3 Å². The van der Waals surface area contributed by atoms with Gasteiger partial charge in [0, 0.05) is 27.1 Å². The van der Waals surface area contributed by atoms with Crippen molar-refractivity contribution in [2.45, 2.75) is 16.7 Å². The van der Waals surface area contributed by atoms with Crippen LogP contribution >= 0.6 is 11.8 Å². The zero-order valence-corrected chi connectivity index (χ0v) is 20.5. The molecule has 36 heavy (non-hydrogen) atoms. The Kier molecular flexibility index (Phi) is 6.87. The molecule has 0 atom stereocenters. The van der Waals surface area contributed by atoms with Crippen LogP contribution in [-0.4, -0.2) is 22.7 Å². The Bertz CT molecular complexity index is 1530. The summed E-state index contributed by atoms with van der Waals surface area (Å²) in [5.74, 6) is -0.542. The van der Waals surface area contributed by atoms with Gasteiger partial charge in [-0.3, -0.25) is 9.59 Å². The van der Waals surface area contributed by atoms with Crippen molar-refractivity contribution in [2.75, 3.05) is 11.9 Å². The Hall–Kier alpha value is -4.29. The van der Waals surface area contributed by atoms with Gasteiger partial charge in [-0.1, -0.05) is 60.3 Å². The van der Waals surface area contributed by atoms with Gasteiger partial charge in [-0.2, -0.15) is 0 Å². The topological polar surface area (TPSA) is 59.8 Å². The summed E-state index contributed by atoms with van der Waals surface area (Å²) in [5.41, 5.74) is 3.26. The number of anilines is 1. The molecule has 5 rings (SSSR count). The highest BCUT2D eigenvalue weighted by Gasteiger charge is 2.25. The third-order valence-corrected chi connectivity index (χ3v) is 6.77. The molecule has 0 saturated heterocycles. The number of rotatable bonds is 8. The van der Waals surface area contributed by atoms with Crippen LogP contribution in [0.1, 0.15) is 17.4 Å². The predicted octanol–water partition coefficient (Wildman–Crippen LogP) is 6.98. The lowest BCUT2D eigenvalue weighted by atomic mass is 10.0. The summed E-state index contributed by atoms with van der Waals surface area (Å²) >= 11 is 1.53. The highest BCUT2D eigenvalue weighted by atomic mass is 32.2. The van der Waals surface area contributed by atoms with Crippen molar-refractivity contribution in [3.63, 3.8) is 0 Å². The number of aromatic nitrogens is 1. The fourth-order valence-corrected chi connectivity index (χ4v) is 4.96. The van der Waals surface area contributed by atoms with E-state index in [1.807, 2.05) is 104 Å². The molecule has 1 N–H and O–H groups in total. The molecule has 0 fully saturated rings. The largest absolute Gasteiger partial charge is 0.494 e. The Morgan fingerprint density at radius 3 is 2.36 bits per heavy atom. The molecule has 3 aromatic carbocycles. The first-order chi connectivity index (χ1) is 17.6. The summed E-state index contributed by atoms with van der Waals surface area (Å²) in [4.78, 5) is 28.8. The molecule has 0 aliphatic carbocycles. The molecular weight excluding hydrogens is 468 g/mol. The van der Waals surface area contributed by atoms with Crippen molar-refractivity contribution in [2.24, 2.45) is 0 Å². The van der Waals surface area contributed by atoms with Crippen molar-refractivity contribution < 1.29 is 14.3 Å². The molecule has 6 heteroatoms. The van der Waals surface area contributed by atoms with Crippen LogP contribution in [0, 0.1) is 0 Å². The number of nitrogens with one attached hydrogen (secondary N) is 1. The third-order valence-electron chi connectivity index (χ3n) is 5.68. The van der Waals surface area contributed by atoms with Gasteiger partial charge in [0.2, 0.25) is 0 Å². The minimum atomic E-state index is -0.688. The molecule has 2 aromatic heterocycles. The highest BCUT2D eigenvalue weighted by Crippen LogP contribution is 2.34. The standard InChI is InChI=1S/C30H24N2O3S/c1-2-35-23-17-15-21(16-18-23)25-20-22-10-8-9-19-32(22)28(25)29(33)30(34)31-26-13-6-7-14-27(26)36-24-11-4-3-5-12-24/h3-20H,2H2,1H3,(H,31,34). The number of carbonyl (C=O) groups is 2. The number of nitrogens with zero attached hydrogens (tertiary/aromatic N) is 1. The molecule has 0 aliphatic heterocycles. The fraction of sp³-hybridized carbons (Fsp3) is 0.0667. The lowest BCUT2D eigenvalue weighted by molar-refractivity contribution is -0.112. The second-order valence-electron chi connectivity index (χ2n) is 8.05. The van der Waals surface area contributed by atoms with Crippen molar-refractivity contribution in [3.8, 4) is 16.9 Å². The van der Waals surface area contributed by atoms with Crippen LogP contribution < -0.4 is 10.1 Å². The maximum absolute atomic E-state index is 13.6. The molecule has 0 unspecified atom stereocenters. The molecule has 5 nitrogen and oxygen atoms in total. The number of fused-ring (bicyclic) bond motifs is 1. The Morgan fingerprint density at radius 2 is 1.58 bits per heavy atom. The number of hydrogen-bond acceptors (Lipinski definition) is 4. The summed E-state index contributed by atoms with van der Waals surface area (Å²) in [6.45, 7) is 2.50. The summed E-state index contributed by atoms with van der Waals surface area (Å²) in [7, 11) is 0. The monoisotopic (exact) mass is 492 g/mol. The normalized spacial score (nSPS) is 10.8. The Morgan fingerprint density at radius 1 is 0.861 bits per heavy atom. The molecular formula is C30H24N2O3S. The van der Waals surface area contributed by atoms with Gasteiger partial charge >= 0.3 is 0 Å². The van der Waals surface area contributed by atoms with Crippen LogP contribution in [0.15, 0.2) is 119 Å². The number of Topliss-reactive ketones (excluding diaryl/α,β-unsaturated/α-hetero) is 1. The molecule has 0 bridgehead atoms. The summed E-state index contributed by atoms with van der Waals surface area (Å²) in [5, 5.41) is 2.85. The quantitative estimate of drug-likeness (QED) is 0.188. The maximum atomic E-state index is 13.6. The van der Waals surface area contributed by atoms with E-state index in [4.69, 9.17) is 4.74 Å². The van der Waals surface area contributed by atoms with Crippen LogP contribution in [0.2, 0.25) is 0 Å². The van der Waals surface area contributed by atoms with Crippen molar-refractivity contribution >= 4 is 34.7 Å². The first-order valence-electron chi connectivity index (χ1n) is 11.6. The van der Waals surface area contributed by atoms with Gasteiger partial charge in [-0.05, 0) is 67.1 Å². The second-order valence-corrected chi connectivity index (χ2v) is 9.17. The molecule has 5 aromatic rings. The predicted molar refractivity (Wildman–Crippen MR) is 144 cm³/mol. The molecule has 0 radical (unpaired) electrons. The van der Waals surface area contributed by atoms with Gasteiger partial charge in [-0.15, -0.1) is 0 Å². The minimum Gasteiger partial charge on any atom is -0.494 e. The van der Waals surface area contributed by atoms with Crippen molar-refractivity contribution in [1.82, 2.24) is 4.40 Å². The van der Waals surface area contributed by atoms with Crippen LogP contribution in [0.4, 0.5) is 5.69 Å². The van der Waals surface area contributed by atoms with E-state index >= 15 is 0 Å². The van der Waals surface area contributed by atoms with Crippen LogP contribution in [0.3, 0.4) is 0 Å². The van der Waals surface area contributed by atoms with E-state index in [1.54, 1.807) is 16.7 Å². The molecule has 1 amide bonds. The summed E-state index contributed by atoms with van der Waals surface area (Å²) < 4.78 is 7.32. The number of pyridine rings is 1. The zero-order chi connectivity index (χ0) is 24.9. The molecule has 0 aliphatic rings. The molecule has 0 spiro atoms. The number of carbonyl (C=O) groups excluding carboxylic acids is 2. The number of benzene rings is 3. The van der Waals surface area contributed by atoms with Gasteiger partial charge in [0.25, 0.3) is 11.7 Å². The Balaban J connectivity index is 1.47. The minimum absolute atomic E-state index is 0.320. The van der Waals surface area contributed by atoms with Crippen molar-refractivity contribution in [1.29, 1.82) is 0 Å². The van der Waals surface area contributed by atoms with Crippen LogP contribution in [0.25, 0.3) is 16.6 Å². The van der Waals surface area contributed by atoms with Crippen LogP contribution in [-0.2, 0) is 4.79 Å². The lowest BCUT2D eigenvalue weighted by Gasteiger charge is -2.11. The average molecular weight is 493 g/mol. The number of para-hydroxylation sites is 1. The zero-order valence-electron chi connectivity index (χ0n) is 19.7. The number of ether oxygens (including phenoxy) is 1. The Labute approximate surface area is 213 Å². The maximum Gasteiger partial charge on any atom is 0.298 e. The summed E-state index contributed by atoms with van der Waals surface area (Å²) in [6, 6.07) is 32.5. The SMILES string of the molecule is CCOc1ccc(-c2cc3ccccn3c2C(=O)C(=O)Nc2ccccc2Sc2ccccc2)cc1. The van der Waals surface area contributed by atoms with E-state index in [2.05, 4.69) is 5.32 Å².